The number of aliphatic hydroxyl groups is 1. The molecule has 1 rings (SSSR count). The van der Waals surface area contributed by atoms with Crippen molar-refractivity contribution in [3.63, 3.8) is 0 Å². The molecule has 0 aliphatic carbocycles. The first kappa shape index (κ1) is 13.4. The second kappa shape index (κ2) is 5.13. The van der Waals surface area contributed by atoms with Gasteiger partial charge in [0.05, 0.1) is 19.6 Å². The zero-order valence-electron chi connectivity index (χ0n) is 9.60. The summed E-state index contributed by atoms with van der Waals surface area (Å²) in [6, 6.07) is 0. The Hall–Kier alpha value is -1.63. The van der Waals surface area contributed by atoms with E-state index in [2.05, 4.69) is 14.2 Å². The van der Waals surface area contributed by atoms with E-state index in [1.807, 2.05) is 0 Å². The van der Waals surface area contributed by atoms with Gasteiger partial charge in [0.15, 0.2) is 0 Å². The van der Waals surface area contributed by atoms with Gasteiger partial charge in [0.1, 0.15) is 0 Å². The van der Waals surface area contributed by atoms with Gasteiger partial charge in [0.25, 0.3) is 0 Å². The molecule has 1 heterocycles. The minimum atomic E-state index is -2.29. The summed E-state index contributed by atoms with van der Waals surface area (Å²) >= 11 is 0. The molecule has 0 amide bonds. The van der Waals surface area contributed by atoms with Crippen molar-refractivity contribution in [3.05, 3.63) is 0 Å². The third-order valence-corrected chi connectivity index (χ3v) is 2.23. The molecule has 1 N–H and O–H groups in total. The Morgan fingerprint density at radius 2 is 2.00 bits per heavy atom. The average molecular weight is 246 g/mol. The predicted molar refractivity (Wildman–Crippen MR) is 52.7 cm³/mol. The summed E-state index contributed by atoms with van der Waals surface area (Å²) < 4.78 is 13.8. The number of carbonyl (C=O) groups is 3. The summed E-state index contributed by atoms with van der Waals surface area (Å²) in [5, 5.41) is 10.00. The minimum Gasteiger partial charge on any atom is -0.464 e. The van der Waals surface area contributed by atoms with Crippen LogP contribution in [0.4, 0.5) is 0 Å². The van der Waals surface area contributed by atoms with Crippen molar-refractivity contribution < 1.29 is 33.7 Å². The van der Waals surface area contributed by atoms with Crippen molar-refractivity contribution in [3.8, 4) is 0 Å². The fourth-order valence-electron chi connectivity index (χ4n) is 1.48. The van der Waals surface area contributed by atoms with Gasteiger partial charge in [-0.3, -0.25) is 4.79 Å². The van der Waals surface area contributed by atoms with Crippen LogP contribution < -0.4 is 0 Å². The summed E-state index contributed by atoms with van der Waals surface area (Å²) in [7, 11) is 0. The van der Waals surface area contributed by atoms with Gasteiger partial charge >= 0.3 is 17.9 Å². The van der Waals surface area contributed by atoms with E-state index in [9.17, 15) is 19.5 Å². The Bertz CT molecular complexity index is 338. The van der Waals surface area contributed by atoms with Crippen LogP contribution in [0.5, 0.6) is 0 Å². The van der Waals surface area contributed by atoms with Crippen LogP contribution in [0.15, 0.2) is 0 Å². The van der Waals surface area contributed by atoms with Gasteiger partial charge < -0.3 is 19.3 Å². The largest absolute Gasteiger partial charge is 0.464 e. The maximum absolute atomic E-state index is 11.5. The lowest BCUT2D eigenvalue weighted by molar-refractivity contribution is -0.183. The molecule has 0 saturated carbocycles. The van der Waals surface area contributed by atoms with Crippen molar-refractivity contribution in [2.75, 3.05) is 13.2 Å². The fourth-order valence-corrected chi connectivity index (χ4v) is 1.48. The number of ether oxygens (including phenoxy) is 3. The summed E-state index contributed by atoms with van der Waals surface area (Å²) in [6.45, 7) is 3.16. The first-order chi connectivity index (χ1) is 7.95. The molecule has 0 radical (unpaired) electrons. The zero-order chi connectivity index (χ0) is 13.1. The molecular weight excluding hydrogens is 232 g/mol. The molecule has 0 aromatic carbocycles. The third-order valence-electron chi connectivity index (χ3n) is 2.23. The van der Waals surface area contributed by atoms with E-state index >= 15 is 0 Å². The number of esters is 3. The highest BCUT2D eigenvalue weighted by molar-refractivity contribution is 5.97. The lowest BCUT2D eigenvalue weighted by Crippen LogP contribution is -2.51. The van der Waals surface area contributed by atoms with Crippen LogP contribution in [-0.2, 0) is 28.6 Å². The van der Waals surface area contributed by atoms with Crippen LogP contribution in [0.2, 0.25) is 0 Å². The molecule has 1 unspecified atom stereocenters. The monoisotopic (exact) mass is 246 g/mol. The summed E-state index contributed by atoms with van der Waals surface area (Å²) in [4.78, 5) is 34.1. The molecule has 0 spiro atoms. The Labute approximate surface area is 97.6 Å². The smallest absolute Gasteiger partial charge is 0.351 e. The van der Waals surface area contributed by atoms with Crippen molar-refractivity contribution in [2.45, 2.75) is 32.0 Å². The quantitative estimate of drug-likeness (QED) is 0.510. The second-order valence-corrected chi connectivity index (χ2v) is 3.44. The van der Waals surface area contributed by atoms with Gasteiger partial charge in [0.2, 0.25) is 11.7 Å². The second-order valence-electron chi connectivity index (χ2n) is 3.44. The molecule has 0 aromatic rings. The summed E-state index contributed by atoms with van der Waals surface area (Å²) in [6.07, 6.45) is -2.27. The van der Waals surface area contributed by atoms with E-state index in [1.54, 1.807) is 6.92 Å². The minimum absolute atomic E-state index is 0.0187. The van der Waals surface area contributed by atoms with E-state index in [0.717, 1.165) is 0 Å². The molecular formula is C10H14O7. The predicted octanol–water partition coefficient (Wildman–Crippen LogP) is -0.841. The van der Waals surface area contributed by atoms with Crippen LogP contribution in [0.3, 0.4) is 0 Å². The summed E-state index contributed by atoms with van der Waals surface area (Å²) in [5.41, 5.74) is -2.29. The first-order valence-corrected chi connectivity index (χ1v) is 5.21. The Balaban J connectivity index is 2.90. The SMILES string of the molecule is CCOC(=O)C1OC(=O)C[C@@]1(O)C(=O)OCC. The van der Waals surface area contributed by atoms with E-state index in [1.165, 1.54) is 6.92 Å². The molecule has 2 atom stereocenters. The maximum Gasteiger partial charge on any atom is 0.351 e. The van der Waals surface area contributed by atoms with E-state index in [0.29, 0.717) is 0 Å². The first-order valence-electron chi connectivity index (χ1n) is 5.21. The highest BCUT2D eigenvalue weighted by atomic mass is 16.6. The Morgan fingerprint density at radius 1 is 1.41 bits per heavy atom. The number of hydrogen-bond acceptors (Lipinski definition) is 7. The standard InChI is InChI=1S/C10H14O7/c1-3-15-8(12)7-10(14,5-6(11)17-7)9(13)16-4-2/h7,14H,3-5H2,1-2H3/t7?,10-/m0/s1. The number of rotatable bonds is 4. The van der Waals surface area contributed by atoms with Crippen molar-refractivity contribution >= 4 is 17.9 Å². The molecule has 7 nitrogen and oxygen atoms in total. The van der Waals surface area contributed by atoms with Crippen LogP contribution in [-0.4, -0.2) is 47.9 Å². The Morgan fingerprint density at radius 3 is 2.53 bits per heavy atom. The fraction of sp³-hybridized carbons (Fsp3) is 0.700. The van der Waals surface area contributed by atoms with Gasteiger partial charge in [-0.05, 0) is 13.8 Å². The van der Waals surface area contributed by atoms with Crippen LogP contribution in [0.1, 0.15) is 20.3 Å². The van der Waals surface area contributed by atoms with Gasteiger partial charge in [-0.15, -0.1) is 0 Å². The van der Waals surface area contributed by atoms with E-state index in [4.69, 9.17) is 0 Å². The van der Waals surface area contributed by atoms with Gasteiger partial charge in [-0.25, -0.2) is 9.59 Å². The molecule has 96 valence electrons. The van der Waals surface area contributed by atoms with Crippen molar-refractivity contribution in [2.24, 2.45) is 0 Å². The van der Waals surface area contributed by atoms with Gasteiger partial charge in [-0.2, -0.15) is 0 Å². The van der Waals surface area contributed by atoms with Crippen LogP contribution in [0.25, 0.3) is 0 Å². The molecule has 7 heteroatoms. The van der Waals surface area contributed by atoms with Gasteiger partial charge in [0, 0.05) is 0 Å². The molecule has 1 fully saturated rings. The lowest BCUT2D eigenvalue weighted by Gasteiger charge is -2.22. The van der Waals surface area contributed by atoms with Gasteiger partial charge in [-0.1, -0.05) is 0 Å². The maximum atomic E-state index is 11.5. The highest BCUT2D eigenvalue weighted by Gasteiger charge is 2.59. The topological polar surface area (TPSA) is 99.1 Å². The molecule has 0 aromatic heterocycles. The van der Waals surface area contributed by atoms with Crippen molar-refractivity contribution in [1.82, 2.24) is 0 Å². The molecule has 1 aliphatic rings. The number of carbonyl (C=O) groups excluding carboxylic acids is 3. The molecule has 1 aliphatic heterocycles. The summed E-state index contributed by atoms with van der Waals surface area (Å²) in [5.74, 6) is -2.88. The lowest BCUT2D eigenvalue weighted by atomic mass is 9.95. The normalized spacial score (nSPS) is 27.5. The number of cyclic esters (lactones) is 1. The molecule has 0 bridgehead atoms. The van der Waals surface area contributed by atoms with Crippen molar-refractivity contribution in [1.29, 1.82) is 0 Å². The molecule has 1 saturated heterocycles. The third kappa shape index (κ3) is 2.55. The molecule has 17 heavy (non-hydrogen) atoms. The van der Waals surface area contributed by atoms with Crippen LogP contribution >= 0.6 is 0 Å². The van der Waals surface area contributed by atoms with E-state index in [-0.39, 0.29) is 13.2 Å². The number of hydrogen-bond donors (Lipinski definition) is 1. The average Bonchev–Trinajstić information content (AvgIpc) is 2.56. The van der Waals surface area contributed by atoms with E-state index < -0.39 is 36.0 Å². The Kier molecular flexibility index (Phi) is 4.06. The zero-order valence-corrected chi connectivity index (χ0v) is 9.60. The van der Waals surface area contributed by atoms with Crippen LogP contribution in [0, 0.1) is 0 Å². The highest BCUT2D eigenvalue weighted by Crippen LogP contribution is 2.29.